The normalized spacial score (nSPS) is 19.9. The van der Waals surface area contributed by atoms with E-state index in [0.29, 0.717) is 0 Å². The largest absolute Gasteiger partial charge is 0.497 e. The van der Waals surface area contributed by atoms with Gasteiger partial charge in [0.1, 0.15) is 11.8 Å². The summed E-state index contributed by atoms with van der Waals surface area (Å²) in [4.78, 5) is 13.1. The first kappa shape index (κ1) is 13.9. The Morgan fingerprint density at radius 2 is 2.26 bits per heavy atom. The number of carboxylic acid groups (broad SMARTS) is 1. The lowest BCUT2D eigenvalue weighted by atomic mass is 9.86. The van der Waals surface area contributed by atoms with Gasteiger partial charge in [-0.25, -0.2) is 0 Å². The second-order valence-corrected chi connectivity index (χ2v) is 5.15. The van der Waals surface area contributed by atoms with Gasteiger partial charge in [0.05, 0.1) is 7.11 Å². The Morgan fingerprint density at radius 1 is 1.53 bits per heavy atom. The van der Waals surface area contributed by atoms with E-state index in [4.69, 9.17) is 9.84 Å². The van der Waals surface area contributed by atoms with Gasteiger partial charge in [-0.1, -0.05) is 6.07 Å². The SMILES string of the molecule is COc1ccc2c(c1)C(N(C)C(C)C(=O)O)CCC2. The Labute approximate surface area is 114 Å². The Balaban J connectivity index is 2.32. The number of nitrogens with zero attached hydrogens (tertiary/aromatic N) is 1. The first-order chi connectivity index (χ1) is 9.04. The van der Waals surface area contributed by atoms with Crippen LogP contribution in [0.5, 0.6) is 5.75 Å². The van der Waals surface area contributed by atoms with Crippen molar-refractivity contribution in [1.29, 1.82) is 0 Å². The summed E-state index contributed by atoms with van der Waals surface area (Å²) >= 11 is 0. The van der Waals surface area contributed by atoms with Crippen LogP contribution in [0.2, 0.25) is 0 Å². The van der Waals surface area contributed by atoms with E-state index in [2.05, 4.69) is 6.07 Å². The molecule has 0 saturated heterocycles. The average molecular weight is 263 g/mol. The van der Waals surface area contributed by atoms with Crippen molar-refractivity contribution >= 4 is 5.97 Å². The van der Waals surface area contributed by atoms with E-state index < -0.39 is 12.0 Å². The van der Waals surface area contributed by atoms with Crippen molar-refractivity contribution in [2.24, 2.45) is 0 Å². The highest BCUT2D eigenvalue weighted by Gasteiger charge is 2.29. The molecule has 2 atom stereocenters. The molecule has 0 saturated carbocycles. The number of carboxylic acids is 1. The summed E-state index contributed by atoms with van der Waals surface area (Å²) in [6.45, 7) is 1.73. The van der Waals surface area contributed by atoms with Crippen molar-refractivity contribution in [1.82, 2.24) is 4.90 Å². The molecule has 0 aliphatic heterocycles. The molecule has 0 aromatic heterocycles. The van der Waals surface area contributed by atoms with Crippen LogP contribution in [0.4, 0.5) is 0 Å². The molecule has 104 valence electrons. The van der Waals surface area contributed by atoms with Gasteiger partial charge in [0, 0.05) is 6.04 Å². The number of likely N-dealkylation sites (N-methyl/N-ethyl adjacent to an activating group) is 1. The van der Waals surface area contributed by atoms with E-state index in [1.807, 2.05) is 24.1 Å². The highest BCUT2D eigenvalue weighted by atomic mass is 16.5. The molecule has 0 radical (unpaired) electrons. The van der Waals surface area contributed by atoms with Crippen molar-refractivity contribution in [3.63, 3.8) is 0 Å². The Bertz CT molecular complexity index is 472. The van der Waals surface area contributed by atoms with Crippen molar-refractivity contribution < 1.29 is 14.6 Å². The number of aliphatic carboxylic acids is 1. The Kier molecular flexibility index (Phi) is 4.10. The second kappa shape index (κ2) is 5.61. The molecule has 1 aromatic carbocycles. The molecule has 0 heterocycles. The number of ether oxygens (including phenoxy) is 1. The molecule has 2 unspecified atom stereocenters. The van der Waals surface area contributed by atoms with Crippen LogP contribution in [-0.2, 0) is 11.2 Å². The van der Waals surface area contributed by atoms with Gasteiger partial charge in [-0.3, -0.25) is 9.69 Å². The molecule has 4 nitrogen and oxygen atoms in total. The lowest BCUT2D eigenvalue weighted by Gasteiger charge is -2.35. The highest BCUT2D eigenvalue weighted by Crippen LogP contribution is 2.36. The smallest absolute Gasteiger partial charge is 0.320 e. The summed E-state index contributed by atoms with van der Waals surface area (Å²) < 4.78 is 5.28. The molecule has 1 aliphatic rings. The fourth-order valence-electron chi connectivity index (χ4n) is 2.75. The molecule has 19 heavy (non-hydrogen) atoms. The van der Waals surface area contributed by atoms with Crippen LogP contribution >= 0.6 is 0 Å². The van der Waals surface area contributed by atoms with Crippen molar-refractivity contribution in [2.75, 3.05) is 14.2 Å². The summed E-state index contributed by atoms with van der Waals surface area (Å²) in [7, 11) is 3.54. The molecule has 0 spiro atoms. The van der Waals surface area contributed by atoms with Crippen molar-refractivity contribution in [3.05, 3.63) is 29.3 Å². The summed E-state index contributed by atoms with van der Waals surface area (Å²) in [5.74, 6) is 0.0551. The molecule has 1 N–H and O–H groups in total. The third-order valence-corrected chi connectivity index (χ3v) is 4.10. The lowest BCUT2D eigenvalue weighted by molar-refractivity contribution is -0.143. The Morgan fingerprint density at radius 3 is 2.89 bits per heavy atom. The summed E-state index contributed by atoms with van der Waals surface area (Å²) in [6.07, 6.45) is 3.15. The van der Waals surface area contributed by atoms with Gasteiger partial charge < -0.3 is 9.84 Å². The minimum absolute atomic E-state index is 0.157. The molecule has 1 aromatic rings. The van der Waals surface area contributed by atoms with Gasteiger partial charge in [0.15, 0.2) is 0 Å². The maximum absolute atomic E-state index is 11.2. The third-order valence-electron chi connectivity index (χ3n) is 4.10. The quantitative estimate of drug-likeness (QED) is 0.906. The van der Waals surface area contributed by atoms with Gasteiger partial charge >= 0.3 is 5.97 Å². The van der Waals surface area contributed by atoms with E-state index in [9.17, 15) is 4.79 Å². The van der Waals surface area contributed by atoms with Crippen LogP contribution in [0.15, 0.2) is 18.2 Å². The van der Waals surface area contributed by atoms with E-state index in [0.717, 1.165) is 25.0 Å². The minimum Gasteiger partial charge on any atom is -0.497 e. The monoisotopic (exact) mass is 263 g/mol. The fourth-order valence-corrected chi connectivity index (χ4v) is 2.75. The number of rotatable bonds is 4. The van der Waals surface area contributed by atoms with Gasteiger partial charge in [0.2, 0.25) is 0 Å². The van der Waals surface area contributed by atoms with Gasteiger partial charge in [0.25, 0.3) is 0 Å². The predicted octanol–water partition coefficient (Wildman–Crippen LogP) is 2.48. The van der Waals surface area contributed by atoms with Crippen LogP contribution in [0.1, 0.15) is 36.9 Å². The summed E-state index contributed by atoms with van der Waals surface area (Å²) in [5, 5.41) is 9.17. The third kappa shape index (κ3) is 2.73. The molecular formula is C15H21NO3. The fraction of sp³-hybridized carbons (Fsp3) is 0.533. The lowest BCUT2D eigenvalue weighted by Crippen LogP contribution is -2.39. The number of methoxy groups -OCH3 is 1. The topological polar surface area (TPSA) is 49.8 Å². The van der Waals surface area contributed by atoms with E-state index in [1.165, 1.54) is 11.1 Å². The zero-order chi connectivity index (χ0) is 14.0. The number of carbonyl (C=O) groups is 1. The van der Waals surface area contributed by atoms with Crippen LogP contribution < -0.4 is 4.74 Å². The molecule has 4 heteroatoms. The molecule has 0 bridgehead atoms. The van der Waals surface area contributed by atoms with E-state index in [1.54, 1.807) is 14.0 Å². The second-order valence-electron chi connectivity index (χ2n) is 5.15. The van der Waals surface area contributed by atoms with E-state index >= 15 is 0 Å². The van der Waals surface area contributed by atoms with Crippen LogP contribution in [0.3, 0.4) is 0 Å². The number of benzene rings is 1. The van der Waals surface area contributed by atoms with Crippen LogP contribution in [-0.4, -0.2) is 36.2 Å². The zero-order valence-electron chi connectivity index (χ0n) is 11.7. The molecule has 2 rings (SSSR count). The maximum Gasteiger partial charge on any atom is 0.320 e. The van der Waals surface area contributed by atoms with Gasteiger partial charge in [-0.15, -0.1) is 0 Å². The number of hydrogen-bond donors (Lipinski definition) is 1. The standard InChI is InChI=1S/C15H21NO3/c1-10(15(17)18)16(2)14-6-4-5-11-7-8-12(19-3)9-13(11)14/h7-10,14H,4-6H2,1-3H3,(H,17,18). The maximum atomic E-state index is 11.2. The summed E-state index contributed by atoms with van der Waals surface area (Å²) in [5.41, 5.74) is 2.52. The van der Waals surface area contributed by atoms with Crippen molar-refractivity contribution in [2.45, 2.75) is 38.3 Å². The van der Waals surface area contributed by atoms with Crippen LogP contribution in [0, 0.1) is 0 Å². The van der Waals surface area contributed by atoms with Gasteiger partial charge in [-0.05, 0) is 56.5 Å². The number of fused-ring (bicyclic) bond motifs is 1. The minimum atomic E-state index is -0.780. The van der Waals surface area contributed by atoms with Gasteiger partial charge in [-0.2, -0.15) is 0 Å². The van der Waals surface area contributed by atoms with Crippen LogP contribution in [0.25, 0.3) is 0 Å². The zero-order valence-corrected chi connectivity index (χ0v) is 11.7. The average Bonchev–Trinajstić information content (AvgIpc) is 2.44. The molecule has 1 aliphatic carbocycles. The first-order valence-electron chi connectivity index (χ1n) is 6.66. The first-order valence-corrected chi connectivity index (χ1v) is 6.66. The predicted molar refractivity (Wildman–Crippen MR) is 73.5 cm³/mol. The molecule has 0 amide bonds. The van der Waals surface area contributed by atoms with E-state index in [-0.39, 0.29) is 6.04 Å². The molecule has 0 fully saturated rings. The molecular weight excluding hydrogens is 242 g/mol. The number of aryl methyl sites for hydroxylation is 1. The number of hydrogen-bond acceptors (Lipinski definition) is 3. The van der Waals surface area contributed by atoms with Crippen molar-refractivity contribution in [3.8, 4) is 5.75 Å². The summed E-state index contributed by atoms with van der Waals surface area (Å²) in [6, 6.07) is 5.79. The highest BCUT2D eigenvalue weighted by molar-refractivity contribution is 5.73. The Hall–Kier alpha value is -1.55.